The Hall–Kier alpha value is -0.470. The molecule has 0 bridgehead atoms. The van der Waals surface area contributed by atoms with Gasteiger partial charge in [-0.3, -0.25) is 0 Å². The number of likely N-dealkylation sites (N-methyl/N-ethyl adjacent to an activating group) is 1. The van der Waals surface area contributed by atoms with E-state index in [1.54, 1.807) is 0 Å². The second kappa shape index (κ2) is 7.20. The number of aryl methyl sites for hydroxylation is 1. The summed E-state index contributed by atoms with van der Waals surface area (Å²) in [7, 11) is 0. The molecule has 0 fully saturated rings. The SMILES string of the molecule is CCNC(CSC(C)(C)C)Cc1cccc(C)c1. The fourth-order valence-corrected chi connectivity index (χ4v) is 2.89. The molecular weight excluding hydrogens is 238 g/mol. The predicted molar refractivity (Wildman–Crippen MR) is 84.6 cm³/mol. The van der Waals surface area contributed by atoms with Crippen LogP contribution in [0.25, 0.3) is 0 Å². The summed E-state index contributed by atoms with van der Waals surface area (Å²) in [4.78, 5) is 0. The molecule has 0 saturated carbocycles. The largest absolute Gasteiger partial charge is 0.313 e. The third-order valence-corrected chi connectivity index (χ3v) is 4.21. The minimum Gasteiger partial charge on any atom is -0.313 e. The maximum absolute atomic E-state index is 3.60. The first-order valence-corrected chi connectivity index (χ1v) is 7.82. The molecule has 0 aliphatic heterocycles. The molecule has 1 aromatic carbocycles. The van der Waals surface area contributed by atoms with Gasteiger partial charge in [-0.25, -0.2) is 0 Å². The Morgan fingerprint density at radius 1 is 1.28 bits per heavy atom. The standard InChI is InChI=1S/C16H27NS/c1-6-17-15(12-18-16(3,4)5)11-14-9-7-8-13(2)10-14/h7-10,15,17H,6,11-12H2,1-5H3. The van der Waals surface area contributed by atoms with Crippen molar-refractivity contribution in [2.75, 3.05) is 12.3 Å². The van der Waals surface area contributed by atoms with E-state index in [0.29, 0.717) is 10.8 Å². The second-order valence-corrected chi connectivity index (χ2v) is 7.72. The third kappa shape index (κ3) is 6.46. The van der Waals surface area contributed by atoms with Gasteiger partial charge >= 0.3 is 0 Å². The van der Waals surface area contributed by atoms with Crippen LogP contribution in [0.5, 0.6) is 0 Å². The predicted octanol–water partition coefficient (Wildman–Crippen LogP) is 4.05. The first-order chi connectivity index (χ1) is 8.40. The average Bonchev–Trinajstić information content (AvgIpc) is 2.25. The lowest BCUT2D eigenvalue weighted by Crippen LogP contribution is -2.34. The zero-order valence-corrected chi connectivity index (χ0v) is 13.2. The summed E-state index contributed by atoms with van der Waals surface area (Å²) in [5, 5.41) is 3.60. The highest BCUT2D eigenvalue weighted by molar-refractivity contribution is 8.00. The van der Waals surface area contributed by atoms with Crippen molar-refractivity contribution in [1.29, 1.82) is 0 Å². The van der Waals surface area contributed by atoms with Gasteiger partial charge in [0.2, 0.25) is 0 Å². The van der Waals surface area contributed by atoms with E-state index in [1.165, 1.54) is 16.9 Å². The van der Waals surface area contributed by atoms with Crippen LogP contribution in [0, 0.1) is 6.92 Å². The highest BCUT2D eigenvalue weighted by Gasteiger charge is 2.15. The van der Waals surface area contributed by atoms with E-state index in [9.17, 15) is 0 Å². The molecular formula is C16H27NS. The summed E-state index contributed by atoms with van der Waals surface area (Å²) in [6.07, 6.45) is 1.12. The minimum absolute atomic E-state index is 0.347. The van der Waals surface area contributed by atoms with Crippen LogP contribution in [0.2, 0.25) is 0 Å². The minimum atomic E-state index is 0.347. The van der Waals surface area contributed by atoms with Gasteiger partial charge in [-0.1, -0.05) is 57.5 Å². The lowest BCUT2D eigenvalue weighted by Gasteiger charge is -2.23. The van der Waals surface area contributed by atoms with Crippen molar-refractivity contribution in [3.63, 3.8) is 0 Å². The molecule has 0 heterocycles. The number of nitrogens with one attached hydrogen (secondary N) is 1. The number of hydrogen-bond donors (Lipinski definition) is 1. The molecule has 1 aromatic rings. The van der Waals surface area contributed by atoms with Gasteiger partial charge in [-0.2, -0.15) is 11.8 Å². The van der Waals surface area contributed by atoms with E-state index >= 15 is 0 Å². The van der Waals surface area contributed by atoms with E-state index in [0.717, 1.165) is 13.0 Å². The highest BCUT2D eigenvalue weighted by atomic mass is 32.2. The number of benzene rings is 1. The molecule has 1 rings (SSSR count). The average molecular weight is 265 g/mol. The number of thioether (sulfide) groups is 1. The normalized spacial score (nSPS) is 13.6. The topological polar surface area (TPSA) is 12.0 Å². The first kappa shape index (κ1) is 15.6. The summed E-state index contributed by atoms with van der Waals surface area (Å²) in [5.41, 5.74) is 2.79. The summed E-state index contributed by atoms with van der Waals surface area (Å²) in [5.74, 6) is 1.17. The maximum atomic E-state index is 3.60. The van der Waals surface area contributed by atoms with Gasteiger partial charge in [-0.15, -0.1) is 0 Å². The zero-order chi connectivity index (χ0) is 13.6. The van der Waals surface area contributed by atoms with Crippen molar-refractivity contribution in [1.82, 2.24) is 5.32 Å². The Morgan fingerprint density at radius 3 is 2.56 bits per heavy atom. The lowest BCUT2D eigenvalue weighted by molar-refractivity contribution is 0.570. The van der Waals surface area contributed by atoms with E-state index in [2.05, 4.69) is 64.2 Å². The van der Waals surface area contributed by atoms with Crippen molar-refractivity contribution < 1.29 is 0 Å². The Balaban J connectivity index is 2.57. The molecule has 1 nitrogen and oxygen atoms in total. The second-order valence-electron chi connectivity index (χ2n) is 5.87. The van der Waals surface area contributed by atoms with Gasteiger partial charge in [0.15, 0.2) is 0 Å². The molecule has 0 aliphatic carbocycles. The molecule has 1 N–H and O–H groups in total. The van der Waals surface area contributed by atoms with Gasteiger partial charge < -0.3 is 5.32 Å². The van der Waals surface area contributed by atoms with Crippen molar-refractivity contribution in [3.05, 3.63) is 35.4 Å². The molecule has 1 unspecified atom stereocenters. The maximum Gasteiger partial charge on any atom is 0.0198 e. The first-order valence-electron chi connectivity index (χ1n) is 6.83. The smallest absolute Gasteiger partial charge is 0.0198 e. The third-order valence-electron chi connectivity index (χ3n) is 2.77. The molecule has 0 spiro atoms. The summed E-state index contributed by atoms with van der Waals surface area (Å²) in [6, 6.07) is 9.42. The molecule has 0 radical (unpaired) electrons. The summed E-state index contributed by atoms with van der Waals surface area (Å²) in [6.45, 7) is 12.2. The molecule has 0 saturated heterocycles. The molecule has 102 valence electrons. The fraction of sp³-hybridized carbons (Fsp3) is 0.625. The van der Waals surface area contributed by atoms with E-state index in [1.807, 2.05) is 11.8 Å². The monoisotopic (exact) mass is 265 g/mol. The van der Waals surface area contributed by atoms with Crippen LogP contribution in [0.4, 0.5) is 0 Å². The van der Waals surface area contributed by atoms with Crippen LogP contribution in [0.1, 0.15) is 38.8 Å². The number of hydrogen-bond acceptors (Lipinski definition) is 2. The molecule has 1 atom stereocenters. The molecule has 2 heteroatoms. The van der Waals surface area contributed by atoms with Crippen LogP contribution < -0.4 is 5.32 Å². The van der Waals surface area contributed by atoms with Crippen molar-refractivity contribution in [2.24, 2.45) is 0 Å². The van der Waals surface area contributed by atoms with Crippen LogP contribution in [0.3, 0.4) is 0 Å². The Labute approximate surface area is 117 Å². The molecule has 0 aliphatic rings. The molecule has 0 aromatic heterocycles. The molecule has 0 amide bonds. The van der Waals surface area contributed by atoms with Crippen LogP contribution >= 0.6 is 11.8 Å². The lowest BCUT2D eigenvalue weighted by atomic mass is 10.0. The zero-order valence-electron chi connectivity index (χ0n) is 12.4. The highest BCUT2D eigenvalue weighted by Crippen LogP contribution is 2.24. The van der Waals surface area contributed by atoms with Gasteiger partial charge in [0.05, 0.1) is 0 Å². The van der Waals surface area contributed by atoms with E-state index in [-0.39, 0.29) is 0 Å². The quantitative estimate of drug-likeness (QED) is 0.833. The van der Waals surface area contributed by atoms with E-state index < -0.39 is 0 Å². The van der Waals surface area contributed by atoms with Crippen molar-refractivity contribution in [2.45, 2.75) is 51.8 Å². The molecule has 18 heavy (non-hydrogen) atoms. The fourth-order valence-electron chi connectivity index (χ4n) is 1.95. The summed E-state index contributed by atoms with van der Waals surface area (Å²) >= 11 is 2.04. The van der Waals surface area contributed by atoms with Crippen LogP contribution in [0.15, 0.2) is 24.3 Å². The van der Waals surface area contributed by atoms with Gasteiger partial charge in [0.25, 0.3) is 0 Å². The van der Waals surface area contributed by atoms with Crippen LogP contribution in [-0.4, -0.2) is 23.1 Å². The summed E-state index contributed by atoms with van der Waals surface area (Å²) < 4.78 is 0.347. The number of rotatable bonds is 6. The van der Waals surface area contributed by atoms with E-state index in [4.69, 9.17) is 0 Å². The van der Waals surface area contributed by atoms with Crippen molar-refractivity contribution in [3.8, 4) is 0 Å². The van der Waals surface area contributed by atoms with Crippen LogP contribution in [-0.2, 0) is 6.42 Å². The van der Waals surface area contributed by atoms with Crippen molar-refractivity contribution >= 4 is 11.8 Å². The Bertz CT molecular complexity index is 354. The Kier molecular flexibility index (Phi) is 6.24. The van der Waals surface area contributed by atoms with Gasteiger partial charge in [0, 0.05) is 16.5 Å². The van der Waals surface area contributed by atoms with Gasteiger partial charge in [0.1, 0.15) is 0 Å². The Morgan fingerprint density at radius 2 is 2.00 bits per heavy atom. The van der Waals surface area contributed by atoms with Gasteiger partial charge in [-0.05, 0) is 25.5 Å².